The van der Waals surface area contributed by atoms with Gasteiger partial charge in [0.05, 0.1) is 12.2 Å². The molecule has 0 spiro atoms. The number of benzene rings is 1. The summed E-state index contributed by atoms with van der Waals surface area (Å²) in [4.78, 5) is 12.8. The van der Waals surface area contributed by atoms with Crippen molar-refractivity contribution in [2.45, 2.75) is 6.42 Å². The number of hydrogen-bond donors (Lipinski definition) is 2. The Morgan fingerprint density at radius 2 is 2.22 bits per heavy atom. The molecule has 0 aliphatic carbocycles. The third kappa shape index (κ3) is 4.07. The molecular weight excluding hydrogens is 235 g/mol. The minimum Gasteiger partial charge on any atom is -0.395 e. The zero-order chi connectivity index (χ0) is 13.5. The van der Waals surface area contributed by atoms with Crippen molar-refractivity contribution in [2.24, 2.45) is 0 Å². The van der Waals surface area contributed by atoms with Crippen LogP contribution in [-0.2, 0) is 0 Å². The predicted molar refractivity (Wildman–Crippen MR) is 67.7 cm³/mol. The number of nitrogens with one attached hydrogen (secondary N) is 1. The monoisotopic (exact) mass is 250 g/mol. The molecule has 0 aliphatic heterocycles. The van der Waals surface area contributed by atoms with Crippen molar-refractivity contribution in [2.75, 3.05) is 26.0 Å². The second-order valence-corrected chi connectivity index (χ2v) is 3.79. The highest BCUT2D eigenvalue weighted by molar-refractivity contribution is 5.89. The van der Waals surface area contributed by atoms with Gasteiger partial charge in [0.25, 0.3) is 0 Å². The number of carbonyl (C=O) groups is 1. The molecular formula is C13H15FN2O2. The quantitative estimate of drug-likeness (QED) is 0.784. The summed E-state index contributed by atoms with van der Waals surface area (Å²) < 4.78 is 13.4. The van der Waals surface area contributed by atoms with Crippen LogP contribution in [0.1, 0.15) is 12.0 Å². The Balaban J connectivity index is 2.88. The van der Waals surface area contributed by atoms with E-state index in [-0.39, 0.29) is 24.6 Å². The fraction of sp³-hybridized carbons (Fsp3) is 0.308. The molecule has 18 heavy (non-hydrogen) atoms. The van der Waals surface area contributed by atoms with E-state index >= 15 is 0 Å². The average Bonchev–Trinajstić information content (AvgIpc) is 2.33. The molecule has 1 aromatic rings. The highest BCUT2D eigenvalue weighted by Crippen LogP contribution is 2.14. The zero-order valence-electron chi connectivity index (χ0n) is 10.3. The normalized spacial score (nSPS) is 9.33. The van der Waals surface area contributed by atoms with Crippen molar-refractivity contribution < 1.29 is 14.3 Å². The van der Waals surface area contributed by atoms with Crippen molar-refractivity contribution in [1.29, 1.82) is 0 Å². The van der Waals surface area contributed by atoms with Crippen molar-refractivity contribution in [3.05, 3.63) is 29.6 Å². The van der Waals surface area contributed by atoms with Gasteiger partial charge in [-0.05, 0) is 18.2 Å². The summed E-state index contributed by atoms with van der Waals surface area (Å²) in [5.74, 6) is 4.78. The van der Waals surface area contributed by atoms with Gasteiger partial charge in [0, 0.05) is 26.2 Å². The van der Waals surface area contributed by atoms with Gasteiger partial charge >= 0.3 is 6.03 Å². The zero-order valence-corrected chi connectivity index (χ0v) is 10.3. The minimum atomic E-state index is -0.455. The van der Waals surface area contributed by atoms with Gasteiger partial charge in [-0.3, -0.25) is 0 Å². The number of nitrogens with zero attached hydrogens (tertiary/aromatic N) is 1. The summed E-state index contributed by atoms with van der Waals surface area (Å²) in [5, 5.41) is 11.2. The molecule has 2 N–H and O–H groups in total. The first kappa shape index (κ1) is 14.0. The van der Waals surface area contributed by atoms with Crippen molar-refractivity contribution in [3.63, 3.8) is 0 Å². The Bertz CT molecular complexity index is 489. The molecule has 0 fully saturated rings. The molecule has 0 radical (unpaired) electrons. The van der Waals surface area contributed by atoms with Gasteiger partial charge in [-0.25, -0.2) is 9.18 Å². The van der Waals surface area contributed by atoms with Crippen molar-refractivity contribution >= 4 is 11.7 Å². The van der Waals surface area contributed by atoms with Crippen molar-refractivity contribution in [3.8, 4) is 11.8 Å². The number of rotatable bonds is 2. The van der Waals surface area contributed by atoms with E-state index in [1.165, 1.54) is 23.1 Å². The van der Waals surface area contributed by atoms with Crippen LogP contribution < -0.4 is 5.32 Å². The lowest BCUT2D eigenvalue weighted by Gasteiger charge is -2.12. The molecule has 0 saturated heterocycles. The van der Waals surface area contributed by atoms with Gasteiger partial charge in [-0.1, -0.05) is 11.8 Å². The van der Waals surface area contributed by atoms with Crippen LogP contribution in [-0.4, -0.2) is 36.7 Å². The van der Waals surface area contributed by atoms with Crippen LogP contribution >= 0.6 is 0 Å². The Morgan fingerprint density at radius 1 is 1.50 bits per heavy atom. The Labute approximate surface area is 105 Å². The van der Waals surface area contributed by atoms with Gasteiger partial charge in [0.1, 0.15) is 5.82 Å². The van der Waals surface area contributed by atoms with Crippen molar-refractivity contribution in [1.82, 2.24) is 4.90 Å². The number of carbonyl (C=O) groups excluding carboxylic acids is 1. The third-order valence-electron chi connectivity index (χ3n) is 2.08. The second kappa shape index (κ2) is 6.62. The van der Waals surface area contributed by atoms with Crippen LogP contribution in [0.15, 0.2) is 18.2 Å². The number of amides is 2. The molecule has 0 aromatic heterocycles. The maximum Gasteiger partial charge on any atom is 0.321 e. The standard InChI is InChI=1S/C13H15FN2O2/c1-16(2)13(18)15-11-6-7-12(14)10(9-11)5-3-4-8-17/h6-7,9,17H,4,8H2,1-2H3,(H,15,18). The summed E-state index contributed by atoms with van der Waals surface area (Å²) in [6.07, 6.45) is 0.285. The topological polar surface area (TPSA) is 52.6 Å². The number of urea groups is 1. The number of aliphatic hydroxyl groups excluding tert-OH is 1. The second-order valence-electron chi connectivity index (χ2n) is 3.79. The summed E-state index contributed by atoms with van der Waals surface area (Å²) in [7, 11) is 3.22. The molecule has 0 heterocycles. The van der Waals surface area contributed by atoms with Crippen LogP contribution in [0.5, 0.6) is 0 Å². The van der Waals surface area contributed by atoms with Crippen LogP contribution in [0.2, 0.25) is 0 Å². The van der Waals surface area contributed by atoms with E-state index in [0.29, 0.717) is 5.69 Å². The lowest BCUT2D eigenvalue weighted by atomic mass is 10.2. The summed E-state index contributed by atoms with van der Waals surface area (Å²) in [6.45, 7) is -0.0638. The highest BCUT2D eigenvalue weighted by atomic mass is 19.1. The van der Waals surface area contributed by atoms with E-state index < -0.39 is 5.82 Å². The van der Waals surface area contributed by atoms with Crippen LogP contribution in [0.4, 0.5) is 14.9 Å². The van der Waals surface area contributed by atoms with Gasteiger partial charge < -0.3 is 15.3 Å². The SMILES string of the molecule is CN(C)C(=O)Nc1ccc(F)c(C#CCCO)c1. The van der Waals surface area contributed by atoms with E-state index in [1.807, 2.05) is 0 Å². The van der Waals surface area contributed by atoms with Crippen LogP contribution in [0.3, 0.4) is 0 Å². The fourth-order valence-corrected chi connectivity index (χ4v) is 1.15. The summed E-state index contributed by atoms with van der Waals surface area (Å²) in [5.41, 5.74) is 0.670. The molecule has 96 valence electrons. The molecule has 0 aliphatic rings. The average molecular weight is 250 g/mol. The largest absolute Gasteiger partial charge is 0.395 e. The molecule has 0 saturated carbocycles. The summed E-state index contributed by atoms with van der Waals surface area (Å²) in [6, 6.07) is 3.87. The number of anilines is 1. The molecule has 1 rings (SSSR count). The number of aliphatic hydroxyl groups is 1. The lowest BCUT2D eigenvalue weighted by molar-refractivity contribution is 0.230. The van der Waals surface area contributed by atoms with E-state index in [9.17, 15) is 9.18 Å². The Kier molecular flexibility index (Phi) is 5.15. The Hall–Kier alpha value is -2.06. The first-order valence-corrected chi connectivity index (χ1v) is 5.42. The van der Waals surface area contributed by atoms with Crippen LogP contribution in [0.25, 0.3) is 0 Å². The smallest absolute Gasteiger partial charge is 0.321 e. The van der Waals surface area contributed by atoms with Gasteiger partial charge in [-0.2, -0.15) is 0 Å². The molecule has 0 atom stereocenters. The third-order valence-corrected chi connectivity index (χ3v) is 2.08. The van der Waals surface area contributed by atoms with E-state index in [0.717, 1.165) is 0 Å². The van der Waals surface area contributed by atoms with E-state index in [1.54, 1.807) is 14.1 Å². The molecule has 2 amide bonds. The maximum atomic E-state index is 13.4. The van der Waals surface area contributed by atoms with E-state index in [4.69, 9.17) is 5.11 Å². The Morgan fingerprint density at radius 3 is 2.83 bits per heavy atom. The first-order chi connectivity index (χ1) is 8.54. The number of halogens is 1. The summed E-state index contributed by atoms with van der Waals surface area (Å²) >= 11 is 0. The van der Waals surface area contributed by atoms with Crippen LogP contribution in [0, 0.1) is 17.7 Å². The van der Waals surface area contributed by atoms with Gasteiger partial charge in [-0.15, -0.1) is 0 Å². The van der Waals surface area contributed by atoms with Gasteiger partial charge in [0.15, 0.2) is 0 Å². The molecule has 0 bridgehead atoms. The first-order valence-electron chi connectivity index (χ1n) is 5.42. The minimum absolute atomic E-state index is 0.0638. The molecule has 1 aromatic carbocycles. The maximum absolute atomic E-state index is 13.4. The molecule has 5 heteroatoms. The predicted octanol–water partition coefficient (Wildman–Crippen LogP) is 1.65. The fourth-order valence-electron chi connectivity index (χ4n) is 1.15. The lowest BCUT2D eigenvalue weighted by Crippen LogP contribution is -2.27. The molecule has 4 nitrogen and oxygen atoms in total. The molecule has 0 unspecified atom stereocenters. The van der Waals surface area contributed by atoms with E-state index in [2.05, 4.69) is 17.2 Å². The van der Waals surface area contributed by atoms with Gasteiger partial charge in [0.2, 0.25) is 0 Å². The number of hydrogen-bond acceptors (Lipinski definition) is 2. The highest BCUT2D eigenvalue weighted by Gasteiger charge is 2.06.